The van der Waals surface area contributed by atoms with Crippen molar-refractivity contribution in [1.82, 2.24) is 0 Å². The molecule has 0 amide bonds. The number of carbonyl (C=O) groups excluding carboxylic acids is 1. The van der Waals surface area contributed by atoms with Crippen LogP contribution in [0.2, 0.25) is 5.02 Å². The Hall–Kier alpha value is -2.03. The van der Waals surface area contributed by atoms with Crippen molar-refractivity contribution in [1.29, 1.82) is 5.26 Å². The maximum atomic E-state index is 12.6. The van der Waals surface area contributed by atoms with Gasteiger partial charge in [0, 0.05) is 16.7 Å². The van der Waals surface area contributed by atoms with Gasteiger partial charge in [-0.05, 0) is 30.9 Å². The van der Waals surface area contributed by atoms with Crippen LogP contribution in [0.3, 0.4) is 0 Å². The lowest BCUT2D eigenvalue weighted by molar-refractivity contribution is -0.145. The summed E-state index contributed by atoms with van der Waals surface area (Å²) >= 11 is 7.36. The number of hydrogen-bond donors (Lipinski definition) is 0. The van der Waals surface area contributed by atoms with Crippen molar-refractivity contribution in [3.63, 3.8) is 0 Å². The van der Waals surface area contributed by atoms with E-state index in [1.807, 2.05) is 18.4 Å². The molecule has 0 saturated carbocycles. The second-order valence-corrected chi connectivity index (χ2v) is 6.44. The van der Waals surface area contributed by atoms with Crippen molar-refractivity contribution < 1.29 is 9.53 Å². The minimum absolute atomic E-state index is 0.122. The lowest BCUT2D eigenvalue weighted by Gasteiger charge is -2.30. The summed E-state index contributed by atoms with van der Waals surface area (Å²) in [5.41, 5.74) is 1.93. The van der Waals surface area contributed by atoms with Gasteiger partial charge < -0.3 is 4.74 Å². The summed E-state index contributed by atoms with van der Waals surface area (Å²) < 4.78 is 5.24. The third-order valence-corrected chi connectivity index (χ3v) is 4.69. The maximum Gasteiger partial charge on any atom is 0.315 e. The summed E-state index contributed by atoms with van der Waals surface area (Å²) in [4.78, 5) is 17.0. The molecule has 0 spiro atoms. The fourth-order valence-electron chi connectivity index (χ4n) is 2.67. The van der Waals surface area contributed by atoms with Crippen LogP contribution in [0.5, 0.6) is 0 Å². The molecule has 1 aromatic rings. The SMILES string of the molecule is C=CCOC(=O)C1C(C)=NC(SC)=C(C#N)[C@H]1c1ccc(Cl)cc1. The summed E-state index contributed by atoms with van der Waals surface area (Å²) in [6.45, 7) is 5.46. The predicted molar refractivity (Wildman–Crippen MR) is 98.1 cm³/mol. The Labute approximate surface area is 150 Å². The molecule has 2 atom stereocenters. The first kappa shape index (κ1) is 18.3. The predicted octanol–water partition coefficient (Wildman–Crippen LogP) is 4.34. The number of ether oxygens (including phenoxy) is 1. The molecule has 6 heteroatoms. The van der Waals surface area contributed by atoms with Crippen molar-refractivity contribution >= 4 is 35.0 Å². The number of nitriles is 1. The standard InChI is InChI=1S/C18H17ClN2O2S/c1-4-9-23-18(22)15-11(2)21-17(24-3)14(10-20)16(15)12-5-7-13(19)8-6-12/h4-8,15-16H,1,9H2,2-3H3/t15?,16-/m1/s1. The highest BCUT2D eigenvalue weighted by atomic mass is 35.5. The summed E-state index contributed by atoms with van der Waals surface area (Å²) in [6, 6.07) is 9.37. The van der Waals surface area contributed by atoms with Gasteiger partial charge in [-0.25, -0.2) is 4.99 Å². The molecule has 24 heavy (non-hydrogen) atoms. The van der Waals surface area contributed by atoms with Crippen LogP contribution in [0.25, 0.3) is 0 Å². The second kappa shape index (κ2) is 8.18. The molecule has 124 valence electrons. The normalized spacial score (nSPS) is 20.2. The quantitative estimate of drug-likeness (QED) is 0.578. The van der Waals surface area contributed by atoms with E-state index in [1.165, 1.54) is 17.8 Å². The smallest absolute Gasteiger partial charge is 0.315 e. The number of allylic oxidation sites excluding steroid dienone is 1. The zero-order valence-corrected chi connectivity index (χ0v) is 15.0. The number of rotatable bonds is 5. The Morgan fingerprint density at radius 2 is 2.17 bits per heavy atom. The number of aliphatic imine (C=N–C) groups is 1. The van der Waals surface area contributed by atoms with E-state index in [0.29, 0.717) is 21.3 Å². The molecule has 1 unspecified atom stereocenters. The van der Waals surface area contributed by atoms with E-state index in [2.05, 4.69) is 17.6 Å². The molecule has 2 rings (SSSR count). The first-order valence-corrected chi connectivity index (χ1v) is 8.90. The van der Waals surface area contributed by atoms with Gasteiger partial charge in [0.1, 0.15) is 17.6 Å². The lowest BCUT2D eigenvalue weighted by atomic mass is 9.77. The minimum atomic E-state index is -0.642. The van der Waals surface area contributed by atoms with E-state index < -0.39 is 17.8 Å². The summed E-state index contributed by atoms with van der Waals surface area (Å²) in [6.07, 6.45) is 3.37. The van der Waals surface area contributed by atoms with Crippen molar-refractivity contribution in [2.75, 3.05) is 12.9 Å². The second-order valence-electron chi connectivity index (χ2n) is 5.21. The monoisotopic (exact) mass is 360 g/mol. The molecule has 0 radical (unpaired) electrons. The van der Waals surface area contributed by atoms with E-state index >= 15 is 0 Å². The number of benzene rings is 1. The molecule has 1 aliphatic rings. The van der Waals surface area contributed by atoms with Gasteiger partial charge in [-0.2, -0.15) is 5.26 Å². The van der Waals surface area contributed by atoms with Crippen molar-refractivity contribution in [2.24, 2.45) is 10.9 Å². The zero-order chi connectivity index (χ0) is 17.7. The first-order valence-electron chi connectivity index (χ1n) is 7.29. The van der Waals surface area contributed by atoms with Crippen molar-refractivity contribution in [3.8, 4) is 6.07 Å². The largest absolute Gasteiger partial charge is 0.461 e. The van der Waals surface area contributed by atoms with E-state index in [0.717, 1.165) is 5.56 Å². The fourth-order valence-corrected chi connectivity index (χ4v) is 3.42. The summed E-state index contributed by atoms with van der Waals surface area (Å²) in [5, 5.41) is 10.9. The Bertz CT molecular complexity index is 747. The average molecular weight is 361 g/mol. The lowest BCUT2D eigenvalue weighted by Crippen LogP contribution is -2.34. The van der Waals surface area contributed by atoms with E-state index in [1.54, 1.807) is 19.1 Å². The Morgan fingerprint density at radius 3 is 2.71 bits per heavy atom. The van der Waals surface area contributed by atoms with Gasteiger partial charge in [0.2, 0.25) is 0 Å². The number of nitrogens with zero attached hydrogens (tertiary/aromatic N) is 2. The Kier molecular flexibility index (Phi) is 6.24. The number of hydrogen-bond acceptors (Lipinski definition) is 5. The van der Waals surface area contributed by atoms with Crippen LogP contribution in [0, 0.1) is 17.2 Å². The van der Waals surface area contributed by atoms with E-state index in [-0.39, 0.29) is 6.61 Å². The van der Waals surface area contributed by atoms with Crippen molar-refractivity contribution in [2.45, 2.75) is 12.8 Å². The zero-order valence-electron chi connectivity index (χ0n) is 13.5. The minimum Gasteiger partial charge on any atom is -0.461 e. The molecule has 1 aromatic carbocycles. The average Bonchev–Trinajstić information content (AvgIpc) is 2.59. The summed E-state index contributed by atoms with van der Waals surface area (Å²) in [7, 11) is 0. The van der Waals surface area contributed by atoms with E-state index in [4.69, 9.17) is 16.3 Å². The van der Waals surface area contributed by atoms with Gasteiger partial charge in [0.15, 0.2) is 0 Å². The Morgan fingerprint density at radius 1 is 1.50 bits per heavy atom. The van der Waals surface area contributed by atoms with Gasteiger partial charge in [-0.1, -0.05) is 36.4 Å². The molecule has 0 N–H and O–H groups in total. The van der Waals surface area contributed by atoms with Crippen LogP contribution in [0.15, 0.2) is 52.5 Å². The van der Waals surface area contributed by atoms with Crippen LogP contribution in [0.4, 0.5) is 0 Å². The highest BCUT2D eigenvalue weighted by molar-refractivity contribution is 8.02. The topological polar surface area (TPSA) is 62.4 Å². The van der Waals surface area contributed by atoms with Crippen LogP contribution in [-0.2, 0) is 9.53 Å². The van der Waals surface area contributed by atoms with Gasteiger partial charge in [0.25, 0.3) is 0 Å². The Balaban J connectivity index is 2.55. The third-order valence-electron chi connectivity index (χ3n) is 3.74. The molecule has 0 aliphatic carbocycles. The fraction of sp³-hybridized carbons (Fsp3) is 0.278. The molecular weight excluding hydrogens is 344 g/mol. The van der Waals surface area contributed by atoms with Crippen LogP contribution in [-0.4, -0.2) is 24.5 Å². The highest BCUT2D eigenvalue weighted by Gasteiger charge is 2.40. The number of thioether (sulfide) groups is 1. The van der Waals surface area contributed by atoms with Crippen LogP contribution >= 0.6 is 23.4 Å². The molecule has 1 aliphatic heterocycles. The molecule has 1 heterocycles. The van der Waals surface area contributed by atoms with Crippen LogP contribution in [0.1, 0.15) is 18.4 Å². The highest BCUT2D eigenvalue weighted by Crippen LogP contribution is 2.41. The molecule has 0 aromatic heterocycles. The third kappa shape index (κ3) is 3.72. The number of carbonyl (C=O) groups is 1. The summed E-state index contributed by atoms with van der Waals surface area (Å²) in [5.74, 6) is -1.50. The van der Waals surface area contributed by atoms with Gasteiger partial charge in [0.05, 0.1) is 11.6 Å². The van der Waals surface area contributed by atoms with Crippen molar-refractivity contribution in [3.05, 3.63) is 58.1 Å². The first-order chi connectivity index (χ1) is 11.5. The molecule has 4 nitrogen and oxygen atoms in total. The van der Waals surface area contributed by atoms with Crippen LogP contribution < -0.4 is 0 Å². The molecular formula is C18H17ClN2O2S. The van der Waals surface area contributed by atoms with Gasteiger partial charge in [-0.3, -0.25) is 4.79 Å². The molecule has 0 saturated heterocycles. The van der Waals surface area contributed by atoms with Gasteiger partial charge >= 0.3 is 5.97 Å². The number of halogens is 1. The van der Waals surface area contributed by atoms with E-state index in [9.17, 15) is 10.1 Å². The van der Waals surface area contributed by atoms with Gasteiger partial charge in [-0.15, -0.1) is 11.8 Å². The number of esters is 1. The maximum absolute atomic E-state index is 12.6. The molecule has 0 bridgehead atoms. The molecule has 0 fully saturated rings.